The lowest BCUT2D eigenvalue weighted by molar-refractivity contribution is 0.350. The van der Waals surface area contributed by atoms with Crippen LogP contribution in [-0.2, 0) is 6.54 Å². The van der Waals surface area contributed by atoms with Gasteiger partial charge in [0.05, 0.1) is 21.3 Å². The number of rotatable bonds is 6. The van der Waals surface area contributed by atoms with Gasteiger partial charge in [-0.15, -0.1) is 0 Å². The smallest absolute Gasteiger partial charge is 0.194 e. The zero-order valence-electron chi connectivity index (χ0n) is 17.6. The molecule has 1 N–H and O–H groups in total. The normalized spacial score (nSPS) is 14.6. The van der Waals surface area contributed by atoms with E-state index in [1.165, 1.54) is 5.69 Å². The third-order valence-electron chi connectivity index (χ3n) is 5.13. The van der Waals surface area contributed by atoms with Gasteiger partial charge in [-0.05, 0) is 18.2 Å². The Kier molecular flexibility index (Phi) is 7.05. The van der Waals surface area contributed by atoms with Crippen LogP contribution >= 0.6 is 0 Å². The van der Waals surface area contributed by atoms with Gasteiger partial charge in [0.2, 0.25) is 0 Å². The summed E-state index contributed by atoms with van der Waals surface area (Å²) in [6, 6.07) is 14.1. The van der Waals surface area contributed by atoms with Gasteiger partial charge < -0.3 is 29.3 Å². The van der Waals surface area contributed by atoms with Crippen molar-refractivity contribution in [1.29, 1.82) is 0 Å². The van der Waals surface area contributed by atoms with E-state index in [4.69, 9.17) is 14.2 Å². The molecule has 3 rings (SSSR count). The number of aliphatic imine (C=N–C) groups is 1. The predicted octanol–water partition coefficient (Wildman–Crippen LogP) is 2.61. The Morgan fingerprint density at radius 3 is 2.38 bits per heavy atom. The third kappa shape index (κ3) is 4.85. The first-order valence-corrected chi connectivity index (χ1v) is 9.74. The van der Waals surface area contributed by atoms with Crippen molar-refractivity contribution in [3.8, 4) is 17.2 Å². The van der Waals surface area contributed by atoms with Gasteiger partial charge in [0.1, 0.15) is 5.75 Å². The summed E-state index contributed by atoms with van der Waals surface area (Å²) in [5.41, 5.74) is 2.22. The molecule has 0 aliphatic carbocycles. The summed E-state index contributed by atoms with van der Waals surface area (Å²) < 4.78 is 16.3. The van der Waals surface area contributed by atoms with Crippen molar-refractivity contribution in [3.05, 3.63) is 48.0 Å². The van der Waals surface area contributed by atoms with Gasteiger partial charge in [-0.25, -0.2) is 0 Å². The third-order valence-corrected chi connectivity index (χ3v) is 5.13. The highest BCUT2D eigenvalue weighted by Gasteiger charge is 2.20. The molecule has 0 amide bonds. The van der Waals surface area contributed by atoms with E-state index in [0.717, 1.165) is 55.0 Å². The molecule has 0 aromatic heterocycles. The Labute approximate surface area is 172 Å². The van der Waals surface area contributed by atoms with E-state index < -0.39 is 0 Å². The fraction of sp³-hybridized carbons (Fsp3) is 0.409. The van der Waals surface area contributed by atoms with Crippen molar-refractivity contribution in [3.63, 3.8) is 0 Å². The molecule has 2 aromatic carbocycles. The fourth-order valence-electron chi connectivity index (χ4n) is 3.58. The highest BCUT2D eigenvalue weighted by molar-refractivity contribution is 5.80. The number of nitrogens with one attached hydrogen (secondary N) is 1. The van der Waals surface area contributed by atoms with Crippen LogP contribution in [0.3, 0.4) is 0 Å². The average molecular weight is 399 g/mol. The predicted molar refractivity (Wildman–Crippen MR) is 117 cm³/mol. The lowest BCUT2D eigenvalue weighted by atomic mass is 10.2. The number of anilines is 1. The number of hydrogen-bond acceptors (Lipinski definition) is 5. The summed E-state index contributed by atoms with van der Waals surface area (Å²) in [7, 11) is 6.83. The van der Waals surface area contributed by atoms with Crippen LogP contribution < -0.4 is 24.4 Å². The summed E-state index contributed by atoms with van der Waals surface area (Å²) in [6.45, 7) is 4.26. The van der Waals surface area contributed by atoms with Gasteiger partial charge in [0.25, 0.3) is 0 Å². The highest BCUT2D eigenvalue weighted by atomic mass is 16.5. The Morgan fingerprint density at radius 1 is 0.966 bits per heavy atom. The molecular formula is C22H30N4O3. The van der Waals surface area contributed by atoms with E-state index in [0.29, 0.717) is 6.54 Å². The van der Waals surface area contributed by atoms with E-state index in [1.54, 1.807) is 21.3 Å². The monoisotopic (exact) mass is 398 g/mol. The zero-order valence-corrected chi connectivity index (χ0v) is 17.6. The second-order valence-corrected chi connectivity index (χ2v) is 6.73. The molecule has 1 fully saturated rings. The van der Waals surface area contributed by atoms with Crippen molar-refractivity contribution < 1.29 is 14.2 Å². The second-order valence-electron chi connectivity index (χ2n) is 6.73. The molecule has 7 heteroatoms. The van der Waals surface area contributed by atoms with Crippen molar-refractivity contribution in [2.45, 2.75) is 6.54 Å². The molecule has 29 heavy (non-hydrogen) atoms. The molecule has 0 bridgehead atoms. The van der Waals surface area contributed by atoms with Crippen LogP contribution in [-0.4, -0.2) is 65.4 Å². The largest absolute Gasteiger partial charge is 0.497 e. The van der Waals surface area contributed by atoms with Crippen LogP contribution in [0.2, 0.25) is 0 Å². The van der Waals surface area contributed by atoms with E-state index in [-0.39, 0.29) is 0 Å². The molecule has 0 spiro atoms. The molecule has 7 nitrogen and oxygen atoms in total. The van der Waals surface area contributed by atoms with Crippen LogP contribution in [0.1, 0.15) is 5.56 Å². The van der Waals surface area contributed by atoms with Gasteiger partial charge >= 0.3 is 0 Å². The summed E-state index contributed by atoms with van der Waals surface area (Å²) in [6.07, 6.45) is 0. The molecule has 1 aliphatic rings. The molecule has 1 heterocycles. The first-order chi connectivity index (χ1) is 14.2. The Balaban J connectivity index is 1.60. The Morgan fingerprint density at radius 2 is 1.72 bits per heavy atom. The number of para-hydroxylation sites is 1. The number of benzene rings is 2. The number of guanidine groups is 1. The van der Waals surface area contributed by atoms with Gasteiger partial charge in [0, 0.05) is 57.1 Å². The molecule has 1 aliphatic heterocycles. The SMILES string of the molecule is CN=C(NCc1cccc(OC)c1OC)N1CCN(c2cccc(OC)c2)CC1. The van der Waals surface area contributed by atoms with Crippen LogP contribution in [0, 0.1) is 0 Å². The quantitative estimate of drug-likeness (QED) is 0.596. The standard InChI is InChI=1S/C22H30N4O3/c1-23-22(24-16-17-7-5-10-20(28-3)21(17)29-4)26-13-11-25(12-14-26)18-8-6-9-19(15-18)27-2/h5-10,15H,11-14,16H2,1-4H3,(H,23,24). The average Bonchev–Trinajstić information content (AvgIpc) is 2.79. The minimum absolute atomic E-state index is 0.614. The topological polar surface area (TPSA) is 58.6 Å². The van der Waals surface area contributed by atoms with E-state index in [2.05, 4.69) is 32.2 Å². The molecule has 0 atom stereocenters. The maximum absolute atomic E-state index is 5.53. The number of ether oxygens (including phenoxy) is 3. The first kappa shape index (κ1) is 20.6. The second kappa shape index (κ2) is 9.91. The van der Waals surface area contributed by atoms with Gasteiger partial charge in [-0.2, -0.15) is 0 Å². The number of piperazine rings is 1. The van der Waals surface area contributed by atoms with E-state index >= 15 is 0 Å². The summed E-state index contributed by atoms with van der Waals surface area (Å²) in [5, 5.41) is 3.46. The fourth-order valence-corrected chi connectivity index (χ4v) is 3.58. The Hall–Kier alpha value is -3.09. The molecular weight excluding hydrogens is 368 g/mol. The maximum Gasteiger partial charge on any atom is 0.194 e. The number of hydrogen-bond donors (Lipinski definition) is 1. The van der Waals surface area contributed by atoms with E-state index in [9.17, 15) is 0 Å². The molecule has 1 saturated heterocycles. The van der Waals surface area contributed by atoms with Crippen molar-refractivity contribution in [2.24, 2.45) is 4.99 Å². The minimum atomic E-state index is 0.614. The number of nitrogens with zero attached hydrogens (tertiary/aromatic N) is 3. The summed E-state index contributed by atoms with van der Waals surface area (Å²) >= 11 is 0. The molecule has 0 radical (unpaired) electrons. The van der Waals surface area contributed by atoms with Crippen molar-refractivity contribution >= 4 is 11.6 Å². The number of methoxy groups -OCH3 is 3. The lowest BCUT2D eigenvalue weighted by Gasteiger charge is -2.37. The molecule has 156 valence electrons. The molecule has 2 aromatic rings. The van der Waals surface area contributed by atoms with Crippen LogP contribution in [0.25, 0.3) is 0 Å². The first-order valence-electron chi connectivity index (χ1n) is 9.74. The summed E-state index contributed by atoms with van der Waals surface area (Å²) in [4.78, 5) is 9.12. The minimum Gasteiger partial charge on any atom is -0.497 e. The van der Waals surface area contributed by atoms with Crippen LogP contribution in [0.15, 0.2) is 47.5 Å². The van der Waals surface area contributed by atoms with Crippen molar-refractivity contribution in [1.82, 2.24) is 10.2 Å². The Bertz CT molecular complexity index is 833. The lowest BCUT2D eigenvalue weighted by Crippen LogP contribution is -2.52. The van der Waals surface area contributed by atoms with Crippen molar-refractivity contribution in [2.75, 3.05) is 59.5 Å². The van der Waals surface area contributed by atoms with Crippen LogP contribution in [0.4, 0.5) is 5.69 Å². The summed E-state index contributed by atoms with van der Waals surface area (Å²) in [5.74, 6) is 3.25. The van der Waals surface area contributed by atoms with Gasteiger partial charge in [-0.1, -0.05) is 18.2 Å². The van der Waals surface area contributed by atoms with Gasteiger partial charge in [-0.3, -0.25) is 4.99 Å². The molecule has 0 saturated carbocycles. The van der Waals surface area contributed by atoms with Crippen LogP contribution in [0.5, 0.6) is 17.2 Å². The molecule has 0 unspecified atom stereocenters. The maximum atomic E-state index is 5.53. The van der Waals surface area contributed by atoms with E-state index in [1.807, 2.05) is 37.4 Å². The zero-order chi connectivity index (χ0) is 20.6. The highest BCUT2D eigenvalue weighted by Crippen LogP contribution is 2.30. The van der Waals surface area contributed by atoms with Gasteiger partial charge in [0.15, 0.2) is 17.5 Å².